The van der Waals surface area contributed by atoms with Gasteiger partial charge in [-0.15, -0.1) is 10.2 Å². The summed E-state index contributed by atoms with van der Waals surface area (Å²) >= 11 is 6.15. The second-order valence-electron chi connectivity index (χ2n) is 8.43. The third-order valence-electron chi connectivity index (χ3n) is 6.21. The van der Waals surface area contributed by atoms with Crippen molar-refractivity contribution >= 4 is 23.4 Å². The minimum atomic E-state index is -0.571. The van der Waals surface area contributed by atoms with Gasteiger partial charge in [-0.05, 0) is 54.8 Å². The summed E-state index contributed by atoms with van der Waals surface area (Å²) < 4.78 is 10.5. The van der Waals surface area contributed by atoms with Gasteiger partial charge in [0.2, 0.25) is 5.82 Å². The van der Waals surface area contributed by atoms with Crippen molar-refractivity contribution in [3.63, 3.8) is 0 Å². The van der Waals surface area contributed by atoms with Crippen LogP contribution in [0.1, 0.15) is 34.6 Å². The van der Waals surface area contributed by atoms with Crippen LogP contribution in [0.2, 0.25) is 5.02 Å². The van der Waals surface area contributed by atoms with Crippen molar-refractivity contribution in [2.75, 3.05) is 18.0 Å². The second kappa shape index (κ2) is 10.1. The molecule has 2 aromatic heterocycles. The van der Waals surface area contributed by atoms with Crippen LogP contribution in [0, 0.1) is 11.3 Å². The first-order valence-corrected chi connectivity index (χ1v) is 11.8. The summed E-state index contributed by atoms with van der Waals surface area (Å²) in [6, 6.07) is 22.3. The van der Waals surface area contributed by atoms with Crippen molar-refractivity contribution in [2.45, 2.75) is 24.9 Å². The molecule has 1 aliphatic heterocycles. The summed E-state index contributed by atoms with van der Waals surface area (Å²) in [6.45, 7) is 1.20. The van der Waals surface area contributed by atoms with Gasteiger partial charge in [-0.25, -0.2) is 4.79 Å². The number of nitrogens with zero attached hydrogens (tertiary/aromatic N) is 6. The molecular formula is C26H21ClN6O3. The number of rotatable bonds is 6. The Hall–Kier alpha value is -4.29. The van der Waals surface area contributed by atoms with E-state index in [4.69, 9.17) is 20.9 Å². The van der Waals surface area contributed by atoms with E-state index in [1.54, 1.807) is 30.3 Å². The standard InChI is InChI=1S/C26H21ClN6O3/c27-20-8-4-7-19(15-20)26(17-28)11-13-33(14-12-26)23-10-9-21(30-31-23)24-29-22(32-36-24)16-35-25(34)18-5-2-1-3-6-18/h1-10,15H,11-14,16H2. The lowest BCUT2D eigenvalue weighted by Crippen LogP contribution is -2.42. The summed E-state index contributed by atoms with van der Waals surface area (Å²) in [7, 11) is 0. The Morgan fingerprint density at radius 1 is 1.08 bits per heavy atom. The Bertz CT molecular complexity index is 1390. The van der Waals surface area contributed by atoms with E-state index in [-0.39, 0.29) is 18.3 Å². The van der Waals surface area contributed by atoms with E-state index >= 15 is 0 Å². The highest BCUT2D eigenvalue weighted by Crippen LogP contribution is 2.37. The first kappa shape index (κ1) is 23.5. The highest BCUT2D eigenvalue weighted by Gasteiger charge is 2.37. The number of carbonyl (C=O) groups is 1. The quantitative estimate of drug-likeness (QED) is 0.350. The lowest BCUT2D eigenvalue weighted by atomic mass is 9.74. The molecule has 0 unspecified atom stereocenters. The zero-order valence-corrected chi connectivity index (χ0v) is 19.9. The maximum Gasteiger partial charge on any atom is 0.338 e. The van der Waals surface area contributed by atoms with E-state index in [9.17, 15) is 10.1 Å². The number of aromatic nitrogens is 4. The average Bonchev–Trinajstić information content (AvgIpc) is 3.41. The fourth-order valence-corrected chi connectivity index (χ4v) is 4.37. The second-order valence-corrected chi connectivity index (χ2v) is 8.86. The fraction of sp³-hybridized carbons (Fsp3) is 0.231. The Labute approximate surface area is 212 Å². The number of carbonyl (C=O) groups excluding carboxylic acids is 1. The molecular weight excluding hydrogens is 480 g/mol. The lowest BCUT2D eigenvalue weighted by molar-refractivity contribution is 0.0459. The van der Waals surface area contributed by atoms with E-state index < -0.39 is 11.4 Å². The van der Waals surface area contributed by atoms with Crippen LogP contribution >= 0.6 is 11.6 Å². The molecule has 180 valence electrons. The van der Waals surface area contributed by atoms with Crippen molar-refractivity contribution in [3.05, 3.63) is 88.7 Å². The predicted molar refractivity (Wildman–Crippen MR) is 131 cm³/mol. The zero-order valence-electron chi connectivity index (χ0n) is 19.2. The Kier molecular flexibility index (Phi) is 6.60. The van der Waals surface area contributed by atoms with Gasteiger partial charge in [-0.3, -0.25) is 0 Å². The Morgan fingerprint density at radius 2 is 1.89 bits per heavy atom. The summed E-state index contributed by atoms with van der Waals surface area (Å²) in [5.74, 6) is 0.643. The molecule has 5 rings (SSSR count). The monoisotopic (exact) mass is 500 g/mol. The normalized spacial score (nSPS) is 14.7. The third kappa shape index (κ3) is 4.90. The van der Waals surface area contributed by atoms with Crippen LogP contribution in [0.15, 0.2) is 71.3 Å². The molecule has 1 fully saturated rings. The van der Waals surface area contributed by atoms with E-state index in [2.05, 4.69) is 31.3 Å². The lowest BCUT2D eigenvalue weighted by Gasteiger charge is -2.38. The number of hydrogen-bond acceptors (Lipinski definition) is 9. The van der Waals surface area contributed by atoms with Gasteiger partial charge in [0.1, 0.15) is 0 Å². The number of piperidine rings is 1. The van der Waals surface area contributed by atoms with Gasteiger partial charge < -0.3 is 14.2 Å². The Morgan fingerprint density at radius 3 is 2.58 bits per heavy atom. The van der Waals surface area contributed by atoms with Crippen molar-refractivity contribution in [2.24, 2.45) is 0 Å². The molecule has 0 radical (unpaired) electrons. The van der Waals surface area contributed by atoms with Gasteiger partial charge in [-0.1, -0.05) is 47.1 Å². The first-order valence-electron chi connectivity index (χ1n) is 11.4. The van der Waals surface area contributed by atoms with Crippen LogP contribution < -0.4 is 4.90 Å². The van der Waals surface area contributed by atoms with Crippen LogP contribution in [0.5, 0.6) is 0 Å². The van der Waals surface area contributed by atoms with Gasteiger partial charge >= 0.3 is 5.97 Å². The minimum absolute atomic E-state index is 0.121. The average molecular weight is 501 g/mol. The molecule has 1 saturated heterocycles. The summed E-state index contributed by atoms with van der Waals surface area (Å²) in [4.78, 5) is 18.4. The number of ether oxygens (including phenoxy) is 1. The van der Waals surface area contributed by atoms with Crippen molar-refractivity contribution < 1.29 is 14.1 Å². The van der Waals surface area contributed by atoms with Crippen LogP contribution in [0.25, 0.3) is 11.6 Å². The molecule has 4 aromatic rings. The third-order valence-corrected chi connectivity index (χ3v) is 6.45. The molecule has 0 bridgehead atoms. The summed E-state index contributed by atoms with van der Waals surface area (Å²) in [5, 5.41) is 23.0. The van der Waals surface area contributed by atoms with Gasteiger partial charge in [-0.2, -0.15) is 10.2 Å². The van der Waals surface area contributed by atoms with Crippen molar-refractivity contribution in [3.8, 4) is 17.7 Å². The molecule has 10 heteroatoms. The molecule has 2 aromatic carbocycles. The van der Waals surface area contributed by atoms with Gasteiger partial charge in [0, 0.05) is 18.1 Å². The van der Waals surface area contributed by atoms with Gasteiger partial charge in [0.25, 0.3) is 5.89 Å². The predicted octanol–water partition coefficient (Wildman–Crippen LogP) is 4.60. The number of benzene rings is 2. The number of anilines is 1. The van der Waals surface area contributed by atoms with Crippen molar-refractivity contribution in [1.29, 1.82) is 5.26 Å². The topological polar surface area (TPSA) is 118 Å². The molecule has 0 amide bonds. The molecule has 0 atom stereocenters. The van der Waals surface area contributed by atoms with E-state index in [0.29, 0.717) is 48.0 Å². The SMILES string of the molecule is N#CC1(c2cccc(Cl)c2)CCN(c2ccc(-c3nc(COC(=O)c4ccccc4)no3)nn2)CC1. The van der Waals surface area contributed by atoms with E-state index in [0.717, 1.165) is 5.56 Å². The number of esters is 1. The molecule has 1 aliphatic rings. The first-order chi connectivity index (χ1) is 17.6. The van der Waals surface area contributed by atoms with Gasteiger partial charge in [0.05, 0.1) is 17.0 Å². The maximum absolute atomic E-state index is 12.1. The smallest absolute Gasteiger partial charge is 0.338 e. The van der Waals surface area contributed by atoms with Crippen LogP contribution in [0.3, 0.4) is 0 Å². The maximum atomic E-state index is 12.1. The van der Waals surface area contributed by atoms with Crippen LogP contribution in [-0.4, -0.2) is 39.4 Å². The molecule has 0 aliphatic carbocycles. The molecule has 0 N–H and O–H groups in total. The minimum Gasteiger partial charge on any atom is -0.454 e. The van der Waals surface area contributed by atoms with Crippen LogP contribution in [-0.2, 0) is 16.8 Å². The fourth-order valence-electron chi connectivity index (χ4n) is 4.18. The number of hydrogen-bond donors (Lipinski definition) is 0. The number of nitriles is 1. The molecule has 3 heterocycles. The largest absolute Gasteiger partial charge is 0.454 e. The number of halogens is 1. The molecule has 0 saturated carbocycles. The highest BCUT2D eigenvalue weighted by atomic mass is 35.5. The van der Waals surface area contributed by atoms with Crippen LogP contribution in [0.4, 0.5) is 5.82 Å². The Balaban J connectivity index is 1.20. The zero-order chi connectivity index (χ0) is 25.0. The molecule has 36 heavy (non-hydrogen) atoms. The van der Waals surface area contributed by atoms with E-state index in [1.807, 2.05) is 36.4 Å². The van der Waals surface area contributed by atoms with Crippen molar-refractivity contribution in [1.82, 2.24) is 20.3 Å². The summed E-state index contributed by atoms with van der Waals surface area (Å²) in [5.41, 5.74) is 1.23. The molecule has 0 spiro atoms. The highest BCUT2D eigenvalue weighted by molar-refractivity contribution is 6.30. The summed E-state index contributed by atoms with van der Waals surface area (Å²) in [6.07, 6.45) is 1.31. The van der Waals surface area contributed by atoms with E-state index in [1.165, 1.54) is 0 Å². The molecule has 9 nitrogen and oxygen atoms in total. The van der Waals surface area contributed by atoms with Gasteiger partial charge in [0.15, 0.2) is 18.1 Å².